The van der Waals surface area contributed by atoms with Crippen molar-refractivity contribution in [2.75, 3.05) is 0 Å². The van der Waals surface area contributed by atoms with E-state index in [1.165, 1.54) is 0 Å². The molecule has 0 spiro atoms. The first-order chi connectivity index (χ1) is 10.5. The van der Waals surface area contributed by atoms with E-state index in [2.05, 4.69) is 5.32 Å². The Morgan fingerprint density at radius 1 is 0.909 bits per heavy atom. The van der Waals surface area contributed by atoms with Gasteiger partial charge in [0.05, 0.1) is 0 Å². The van der Waals surface area contributed by atoms with Crippen molar-refractivity contribution < 1.29 is 9.59 Å². The van der Waals surface area contributed by atoms with Crippen molar-refractivity contribution in [3.8, 4) is 0 Å². The minimum Gasteiger partial charge on any atom is -0.341 e. The number of aryl methyl sites for hydroxylation is 3. The summed E-state index contributed by atoms with van der Waals surface area (Å²) in [4.78, 5) is 25.2. The third-order valence-corrected chi connectivity index (χ3v) is 4.28. The molecule has 2 atom stereocenters. The molecule has 1 N–H and O–H groups in total. The number of hydrogen-bond donors (Lipinski definition) is 1. The van der Waals surface area contributed by atoms with Crippen LogP contribution in [-0.2, 0) is 9.59 Å². The summed E-state index contributed by atoms with van der Waals surface area (Å²) in [5.41, 5.74) is 4.83. The van der Waals surface area contributed by atoms with Crippen LogP contribution in [0.15, 0.2) is 42.5 Å². The number of nitrogens with one attached hydrogen (secondary N) is 1. The first kappa shape index (κ1) is 14.5. The molecule has 2 aromatic carbocycles. The Hall–Kier alpha value is -2.42. The first-order valence-electron chi connectivity index (χ1n) is 7.46. The van der Waals surface area contributed by atoms with E-state index in [-0.39, 0.29) is 11.7 Å². The molecule has 1 aliphatic rings. The molecule has 1 fully saturated rings. The minimum atomic E-state index is -0.703. The van der Waals surface area contributed by atoms with Crippen LogP contribution in [0.3, 0.4) is 0 Å². The molecule has 0 saturated carbocycles. The van der Waals surface area contributed by atoms with Crippen molar-refractivity contribution in [1.29, 1.82) is 0 Å². The summed E-state index contributed by atoms with van der Waals surface area (Å²) in [5.74, 6) is -0.967. The third-order valence-electron chi connectivity index (χ3n) is 4.28. The molecule has 3 nitrogen and oxygen atoms in total. The monoisotopic (exact) mass is 293 g/mol. The van der Waals surface area contributed by atoms with Crippen LogP contribution < -0.4 is 5.32 Å². The second-order valence-electron chi connectivity index (χ2n) is 6.00. The Morgan fingerprint density at radius 3 is 2.09 bits per heavy atom. The van der Waals surface area contributed by atoms with Crippen LogP contribution in [0.2, 0.25) is 0 Å². The molecule has 3 heteroatoms. The van der Waals surface area contributed by atoms with Crippen LogP contribution in [0, 0.1) is 20.8 Å². The quantitative estimate of drug-likeness (QED) is 0.865. The smallest absolute Gasteiger partial charge is 0.236 e. The van der Waals surface area contributed by atoms with E-state index < -0.39 is 12.0 Å². The summed E-state index contributed by atoms with van der Waals surface area (Å²) in [6.07, 6.45) is 0. The van der Waals surface area contributed by atoms with Crippen molar-refractivity contribution in [3.63, 3.8) is 0 Å². The van der Waals surface area contributed by atoms with Crippen LogP contribution in [-0.4, -0.2) is 11.7 Å². The van der Waals surface area contributed by atoms with Gasteiger partial charge >= 0.3 is 0 Å². The van der Waals surface area contributed by atoms with E-state index in [9.17, 15) is 9.59 Å². The highest BCUT2D eigenvalue weighted by molar-refractivity contribution is 6.15. The lowest BCUT2D eigenvalue weighted by Crippen LogP contribution is -2.21. The molecule has 0 radical (unpaired) electrons. The zero-order chi connectivity index (χ0) is 15.9. The van der Waals surface area contributed by atoms with Gasteiger partial charge in [0.2, 0.25) is 5.91 Å². The second-order valence-corrected chi connectivity index (χ2v) is 6.00. The van der Waals surface area contributed by atoms with E-state index in [0.717, 1.165) is 27.8 Å². The maximum absolute atomic E-state index is 12.8. The first-order valence-corrected chi connectivity index (χ1v) is 7.46. The molecule has 22 heavy (non-hydrogen) atoms. The Kier molecular flexibility index (Phi) is 3.57. The summed E-state index contributed by atoms with van der Waals surface area (Å²) in [6.45, 7) is 5.95. The van der Waals surface area contributed by atoms with Gasteiger partial charge in [-0.3, -0.25) is 9.59 Å². The van der Waals surface area contributed by atoms with Crippen LogP contribution in [0.25, 0.3) is 0 Å². The average molecular weight is 293 g/mol. The number of benzene rings is 2. The fraction of sp³-hybridized carbons (Fsp3) is 0.263. The lowest BCUT2D eigenvalue weighted by Gasteiger charge is -2.15. The highest BCUT2D eigenvalue weighted by Gasteiger charge is 2.43. The zero-order valence-corrected chi connectivity index (χ0v) is 13.0. The number of hydrogen-bond acceptors (Lipinski definition) is 2. The van der Waals surface area contributed by atoms with Crippen LogP contribution in [0.1, 0.15) is 39.8 Å². The summed E-state index contributed by atoms with van der Waals surface area (Å²) in [7, 11) is 0. The van der Waals surface area contributed by atoms with Crippen LogP contribution in [0.4, 0.5) is 0 Å². The van der Waals surface area contributed by atoms with Gasteiger partial charge in [0.15, 0.2) is 5.78 Å². The minimum absolute atomic E-state index is 0.0637. The molecular formula is C19H19NO2. The Bertz CT molecular complexity index is 726. The summed E-state index contributed by atoms with van der Waals surface area (Å²) >= 11 is 0. The molecular weight excluding hydrogens is 274 g/mol. The van der Waals surface area contributed by atoms with Gasteiger partial charge in [-0.2, -0.15) is 0 Å². The Labute approximate surface area is 130 Å². The lowest BCUT2D eigenvalue weighted by atomic mass is 9.86. The highest BCUT2D eigenvalue weighted by atomic mass is 16.2. The van der Waals surface area contributed by atoms with E-state index in [1.807, 2.05) is 63.2 Å². The van der Waals surface area contributed by atoms with Crippen molar-refractivity contribution in [2.45, 2.75) is 32.7 Å². The van der Waals surface area contributed by atoms with Gasteiger partial charge in [-0.25, -0.2) is 0 Å². The van der Waals surface area contributed by atoms with E-state index >= 15 is 0 Å². The number of ketones is 1. The van der Waals surface area contributed by atoms with E-state index in [0.29, 0.717) is 0 Å². The molecule has 0 aromatic heterocycles. The number of rotatable bonds is 2. The molecule has 1 amide bonds. The number of carbonyl (C=O) groups is 2. The van der Waals surface area contributed by atoms with Crippen LogP contribution in [0.5, 0.6) is 0 Å². The molecule has 0 aliphatic carbocycles. The fourth-order valence-corrected chi connectivity index (χ4v) is 3.41. The maximum Gasteiger partial charge on any atom is 0.236 e. The fourth-order valence-electron chi connectivity index (χ4n) is 3.41. The van der Waals surface area contributed by atoms with Crippen molar-refractivity contribution in [2.24, 2.45) is 0 Å². The topological polar surface area (TPSA) is 46.2 Å². The third kappa shape index (κ3) is 2.33. The normalized spacial score (nSPS) is 21.0. The second kappa shape index (κ2) is 5.41. The number of Topliss-reactive ketones (excluding diaryl/α,β-unsaturated/α-hetero) is 1. The predicted octanol–water partition coefficient (Wildman–Crippen LogP) is 3.14. The number of amides is 1. The molecule has 0 bridgehead atoms. The van der Waals surface area contributed by atoms with Crippen molar-refractivity contribution >= 4 is 11.7 Å². The summed E-state index contributed by atoms with van der Waals surface area (Å²) < 4.78 is 0. The molecule has 1 heterocycles. The molecule has 1 aliphatic heterocycles. The predicted molar refractivity (Wildman–Crippen MR) is 85.7 cm³/mol. The molecule has 1 saturated heterocycles. The highest BCUT2D eigenvalue weighted by Crippen LogP contribution is 2.35. The maximum atomic E-state index is 12.8. The van der Waals surface area contributed by atoms with Gasteiger partial charge in [-0.15, -0.1) is 0 Å². The summed E-state index contributed by atoms with van der Waals surface area (Å²) in [5, 5.41) is 2.85. The van der Waals surface area contributed by atoms with Crippen molar-refractivity contribution in [3.05, 3.63) is 70.3 Å². The largest absolute Gasteiger partial charge is 0.341 e. The van der Waals surface area contributed by atoms with Gasteiger partial charge in [-0.1, -0.05) is 48.0 Å². The van der Waals surface area contributed by atoms with Crippen LogP contribution >= 0.6 is 0 Å². The average Bonchev–Trinajstić information content (AvgIpc) is 2.75. The van der Waals surface area contributed by atoms with Gasteiger partial charge in [0.1, 0.15) is 12.0 Å². The SMILES string of the molecule is Cc1cc(C)c(C2C(=O)NC(c3ccccc3)C2=O)c(C)c1. The molecule has 3 rings (SSSR count). The Morgan fingerprint density at radius 2 is 1.50 bits per heavy atom. The molecule has 2 unspecified atom stereocenters. The van der Waals surface area contributed by atoms with Gasteiger partial charge < -0.3 is 5.32 Å². The lowest BCUT2D eigenvalue weighted by molar-refractivity contribution is -0.124. The Balaban J connectivity index is 2.03. The van der Waals surface area contributed by atoms with Gasteiger partial charge in [-0.05, 0) is 43.0 Å². The van der Waals surface area contributed by atoms with E-state index in [1.54, 1.807) is 0 Å². The van der Waals surface area contributed by atoms with Gasteiger partial charge in [0.25, 0.3) is 0 Å². The molecule has 2 aromatic rings. The van der Waals surface area contributed by atoms with E-state index in [4.69, 9.17) is 0 Å². The van der Waals surface area contributed by atoms with Gasteiger partial charge in [0, 0.05) is 0 Å². The number of carbonyl (C=O) groups excluding carboxylic acids is 2. The summed E-state index contributed by atoms with van der Waals surface area (Å²) in [6, 6.07) is 12.9. The standard InChI is InChI=1S/C19H19NO2/c1-11-9-12(2)15(13(3)10-11)16-18(21)17(20-19(16)22)14-7-5-4-6-8-14/h4-10,16-17H,1-3H3,(H,20,22). The molecule has 112 valence electrons. The zero-order valence-electron chi connectivity index (χ0n) is 13.0. The van der Waals surface area contributed by atoms with Crippen molar-refractivity contribution in [1.82, 2.24) is 5.32 Å².